The van der Waals surface area contributed by atoms with E-state index in [1.165, 1.54) is 30.9 Å². The Labute approximate surface area is 244 Å². The van der Waals surface area contributed by atoms with Crippen LogP contribution in [0, 0.1) is 5.82 Å². The molecular weight excluding hydrogens is 553 g/mol. The summed E-state index contributed by atoms with van der Waals surface area (Å²) >= 11 is 0. The third-order valence-corrected chi connectivity index (χ3v) is 8.12. The predicted molar refractivity (Wildman–Crippen MR) is 154 cm³/mol. The topological polar surface area (TPSA) is 157 Å². The summed E-state index contributed by atoms with van der Waals surface area (Å²) in [5, 5.41) is 10.9. The van der Waals surface area contributed by atoms with Crippen LogP contribution in [0.15, 0.2) is 60.8 Å². The van der Waals surface area contributed by atoms with E-state index in [4.69, 9.17) is 15.5 Å². The van der Waals surface area contributed by atoms with Gasteiger partial charge >= 0.3 is 0 Å². The van der Waals surface area contributed by atoms with Crippen molar-refractivity contribution in [2.75, 3.05) is 12.8 Å². The van der Waals surface area contributed by atoms with Crippen molar-refractivity contribution in [1.82, 2.24) is 39.7 Å². The second-order valence-electron chi connectivity index (χ2n) is 10.6. The van der Waals surface area contributed by atoms with Gasteiger partial charge in [0.25, 0.3) is 5.91 Å². The lowest BCUT2D eigenvalue weighted by Gasteiger charge is -2.36. The summed E-state index contributed by atoms with van der Waals surface area (Å²) in [6.07, 6.45) is 8.48. The summed E-state index contributed by atoms with van der Waals surface area (Å²) in [5.41, 5.74) is 11.4. The largest absolute Gasteiger partial charge is 0.494 e. The highest BCUT2D eigenvalue weighted by Gasteiger charge is 2.41. The number of nitrogens with one attached hydrogen (secondary N) is 1. The summed E-state index contributed by atoms with van der Waals surface area (Å²) in [4.78, 5) is 41.3. The number of pyridine rings is 1. The molecule has 0 spiro atoms. The van der Waals surface area contributed by atoms with Gasteiger partial charge in [-0.2, -0.15) is 14.7 Å². The minimum atomic E-state index is -0.473. The minimum Gasteiger partial charge on any atom is -0.494 e. The van der Waals surface area contributed by atoms with Crippen molar-refractivity contribution in [1.29, 1.82) is 0 Å². The number of piperidine rings is 1. The molecule has 5 aromatic rings. The molecule has 7 rings (SSSR count). The molecule has 0 aliphatic carbocycles. The van der Waals surface area contributed by atoms with Crippen molar-refractivity contribution >= 4 is 23.2 Å². The van der Waals surface area contributed by atoms with Gasteiger partial charge in [-0.1, -0.05) is 12.1 Å². The van der Waals surface area contributed by atoms with E-state index in [9.17, 15) is 14.0 Å². The number of aromatic nitrogens is 7. The first-order chi connectivity index (χ1) is 20.8. The number of aromatic amines is 1. The van der Waals surface area contributed by atoms with Crippen molar-refractivity contribution in [3.63, 3.8) is 0 Å². The Morgan fingerprint density at radius 2 is 1.98 bits per heavy atom. The first-order valence-electron chi connectivity index (χ1n) is 13.7. The van der Waals surface area contributed by atoms with Gasteiger partial charge in [-0.15, -0.1) is 0 Å². The molecule has 2 atom stereocenters. The maximum Gasteiger partial charge on any atom is 0.295 e. The molecule has 1 aromatic carbocycles. The van der Waals surface area contributed by atoms with Gasteiger partial charge < -0.3 is 15.4 Å². The number of nitrogens with zero attached hydrogens (tertiary/aromatic N) is 7. The zero-order valence-electron chi connectivity index (χ0n) is 23.3. The molecule has 4 aromatic heterocycles. The molecule has 216 valence electrons. The number of anilines is 1. The lowest BCUT2D eigenvalue weighted by atomic mass is 9.86. The van der Waals surface area contributed by atoms with E-state index in [1.54, 1.807) is 35.5 Å². The summed E-state index contributed by atoms with van der Waals surface area (Å²) in [6, 6.07) is 8.22. The zero-order valence-corrected chi connectivity index (χ0v) is 23.3. The number of hydrogen-bond donors (Lipinski definition) is 2. The van der Waals surface area contributed by atoms with Crippen LogP contribution in [0.4, 0.5) is 10.2 Å². The van der Waals surface area contributed by atoms with Gasteiger partial charge in [-0.3, -0.25) is 19.7 Å². The average Bonchev–Trinajstić information content (AvgIpc) is 3.75. The van der Waals surface area contributed by atoms with Gasteiger partial charge in [-0.05, 0) is 50.5 Å². The number of halogens is 1. The number of Topliss-reactive ketones (excluding diaryl/α,β-unsaturated/α-hetero) is 1. The molecule has 13 heteroatoms. The number of carbonyl (C=O) groups excluding carboxylic acids is 2. The monoisotopic (exact) mass is 579 g/mol. The van der Waals surface area contributed by atoms with Crippen LogP contribution in [0.1, 0.15) is 58.8 Å². The second-order valence-corrected chi connectivity index (χ2v) is 10.6. The van der Waals surface area contributed by atoms with Crippen molar-refractivity contribution in [3.05, 3.63) is 83.7 Å². The number of hydrogen-bond acceptors (Lipinski definition) is 9. The molecule has 12 nitrogen and oxygen atoms in total. The highest BCUT2D eigenvalue weighted by Crippen LogP contribution is 2.44. The van der Waals surface area contributed by atoms with Crippen LogP contribution in [0.2, 0.25) is 0 Å². The van der Waals surface area contributed by atoms with Gasteiger partial charge in [-0.25, -0.2) is 14.4 Å². The lowest BCUT2D eigenvalue weighted by Crippen LogP contribution is -2.41. The van der Waals surface area contributed by atoms with Crippen molar-refractivity contribution in [2.24, 2.45) is 0 Å². The van der Waals surface area contributed by atoms with Crippen LogP contribution < -0.4 is 10.5 Å². The van der Waals surface area contributed by atoms with Crippen LogP contribution in [0.5, 0.6) is 5.75 Å². The van der Waals surface area contributed by atoms with Gasteiger partial charge in [0, 0.05) is 40.5 Å². The Hall–Kier alpha value is -5.46. The lowest BCUT2D eigenvalue weighted by molar-refractivity contribution is 0.0705. The van der Waals surface area contributed by atoms with Crippen molar-refractivity contribution in [2.45, 2.75) is 38.1 Å². The number of rotatable bonds is 6. The highest BCUT2D eigenvalue weighted by atomic mass is 19.1. The van der Waals surface area contributed by atoms with Crippen LogP contribution in [0.25, 0.3) is 28.0 Å². The fourth-order valence-corrected chi connectivity index (χ4v) is 6.13. The van der Waals surface area contributed by atoms with E-state index in [2.05, 4.69) is 31.3 Å². The van der Waals surface area contributed by atoms with Gasteiger partial charge in [0.2, 0.25) is 5.82 Å². The maximum absolute atomic E-state index is 14.3. The van der Waals surface area contributed by atoms with Crippen molar-refractivity contribution < 1.29 is 18.7 Å². The van der Waals surface area contributed by atoms with Gasteiger partial charge in [0.15, 0.2) is 23.0 Å². The van der Waals surface area contributed by atoms with E-state index in [0.717, 1.165) is 11.3 Å². The summed E-state index contributed by atoms with van der Waals surface area (Å²) in [6.45, 7) is 1.47. The molecule has 2 aliphatic heterocycles. The number of nitrogens with two attached hydrogens (primary N) is 1. The molecule has 43 heavy (non-hydrogen) atoms. The van der Waals surface area contributed by atoms with Gasteiger partial charge in [0.1, 0.15) is 12.1 Å². The number of methoxy groups -OCH3 is 1. The number of amides is 1. The molecule has 1 saturated heterocycles. The smallest absolute Gasteiger partial charge is 0.295 e. The van der Waals surface area contributed by atoms with Crippen molar-refractivity contribution in [3.8, 4) is 28.1 Å². The Bertz CT molecular complexity index is 1930. The fourth-order valence-electron chi connectivity index (χ4n) is 6.13. The van der Waals surface area contributed by atoms with E-state index < -0.39 is 5.82 Å². The molecule has 3 N–H and O–H groups in total. The fraction of sp³-hybridized carbons (Fsp3) is 0.233. The van der Waals surface area contributed by atoms with Crippen LogP contribution in [0.3, 0.4) is 0 Å². The number of allylic oxidation sites excluding steroid dienone is 1. The van der Waals surface area contributed by atoms with Gasteiger partial charge in [0.05, 0.1) is 30.3 Å². The van der Waals surface area contributed by atoms with E-state index in [1.807, 2.05) is 6.07 Å². The second kappa shape index (κ2) is 10.1. The standard InChI is InChI=1S/C30H26FN9O3/c1-15(41)25-26(18-9-19-5-6-20(10-18)39(19)30(42)28-34-14-35-38-28)37-29-21(13-36-40(29)27(25)32)17-3-7-23(33-12-17)16-4-8-24(43-2)22(31)11-16/h3-5,7-8,11-14,18,20H,6,9-10,32H2,1-2H3,(H,34,35,38)/t18-,20-/m1/s1. The Balaban J connectivity index is 1.24. The molecule has 2 aliphatic rings. The quantitative estimate of drug-likeness (QED) is 0.282. The Morgan fingerprint density at radius 1 is 1.14 bits per heavy atom. The highest BCUT2D eigenvalue weighted by molar-refractivity contribution is 6.00. The first-order valence-corrected chi connectivity index (χ1v) is 13.7. The average molecular weight is 580 g/mol. The van der Waals surface area contributed by atoms with Crippen LogP contribution in [-0.4, -0.2) is 64.5 Å². The maximum atomic E-state index is 14.3. The number of ketones is 1. The molecule has 0 radical (unpaired) electrons. The number of ether oxygens (including phenoxy) is 1. The normalized spacial score (nSPS) is 17.7. The van der Waals surface area contributed by atoms with E-state index in [0.29, 0.717) is 53.0 Å². The van der Waals surface area contributed by atoms with E-state index in [-0.39, 0.29) is 41.0 Å². The third kappa shape index (κ3) is 4.31. The number of H-pyrrole nitrogens is 1. The zero-order chi connectivity index (χ0) is 29.8. The van der Waals surface area contributed by atoms with E-state index >= 15 is 0 Å². The molecule has 2 bridgehead atoms. The predicted octanol–water partition coefficient (Wildman–Crippen LogP) is 4.18. The Morgan fingerprint density at radius 3 is 2.65 bits per heavy atom. The first kappa shape index (κ1) is 26.4. The number of carbonyl (C=O) groups is 2. The minimum absolute atomic E-state index is 0.102. The molecule has 1 amide bonds. The number of benzene rings is 1. The molecule has 0 unspecified atom stereocenters. The molecule has 0 saturated carbocycles. The number of nitrogen functional groups attached to an aromatic ring is 1. The Kier molecular flexibility index (Phi) is 6.22. The summed E-state index contributed by atoms with van der Waals surface area (Å²) < 4.78 is 20.8. The van der Waals surface area contributed by atoms with Crippen LogP contribution in [-0.2, 0) is 0 Å². The summed E-state index contributed by atoms with van der Waals surface area (Å²) in [7, 11) is 1.42. The molecule has 6 heterocycles. The number of fused-ring (bicyclic) bond motifs is 3. The molecular formula is C30H26FN9O3. The SMILES string of the molecule is COc1ccc(-c2ccc(-c3cnn4c(N)c(C(C)=O)c([C@@H]5CC6=CC[C@H](C5)N6C(=O)c5ncn[nH]5)nc34)cn2)cc1F. The molecule has 1 fully saturated rings. The van der Waals surface area contributed by atoms with Crippen LogP contribution >= 0.6 is 0 Å². The third-order valence-electron chi connectivity index (χ3n) is 8.12. The summed E-state index contributed by atoms with van der Waals surface area (Å²) in [5.74, 6) is -0.503.